The summed E-state index contributed by atoms with van der Waals surface area (Å²) in [7, 11) is 1.60. The van der Waals surface area contributed by atoms with Crippen molar-refractivity contribution in [3.05, 3.63) is 53.1 Å². The minimum Gasteiger partial charge on any atom is -0.496 e. The Bertz CT molecular complexity index is 855. The van der Waals surface area contributed by atoms with Gasteiger partial charge in [0, 0.05) is 5.56 Å². The molecule has 1 N–H and O–H groups in total. The number of carbonyl (C=O) groups is 1. The van der Waals surface area contributed by atoms with Gasteiger partial charge in [-0.25, -0.2) is 4.98 Å². The van der Waals surface area contributed by atoms with E-state index in [9.17, 15) is 4.79 Å². The van der Waals surface area contributed by atoms with Gasteiger partial charge in [0.2, 0.25) is 0 Å². The molecule has 2 aromatic carbocycles. The van der Waals surface area contributed by atoms with Crippen molar-refractivity contribution in [2.24, 2.45) is 0 Å². The number of carbonyl (C=O) groups excluding carboxylic acids is 1. The minimum atomic E-state index is -0.185. The maximum atomic E-state index is 12.4. The molecule has 4 nitrogen and oxygen atoms in total. The van der Waals surface area contributed by atoms with E-state index in [0.717, 1.165) is 21.3 Å². The summed E-state index contributed by atoms with van der Waals surface area (Å²) in [6, 6.07) is 11.4. The number of methoxy groups -OCH3 is 1. The Kier molecular flexibility index (Phi) is 3.81. The lowest BCUT2D eigenvalue weighted by Crippen LogP contribution is -2.11. The number of thiazole rings is 1. The Labute approximate surface area is 132 Å². The molecule has 112 valence electrons. The summed E-state index contributed by atoms with van der Waals surface area (Å²) in [6.07, 6.45) is 0. The highest BCUT2D eigenvalue weighted by atomic mass is 32.1. The van der Waals surface area contributed by atoms with E-state index in [1.165, 1.54) is 11.3 Å². The summed E-state index contributed by atoms with van der Waals surface area (Å²) in [5.74, 6) is 0.516. The Morgan fingerprint density at radius 1 is 1.18 bits per heavy atom. The number of nitrogens with zero attached hydrogens (tertiary/aromatic N) is 1. The molecule has 0 unspecified atom stereocenters. The number of fused-ring (bicyclic) bond motifs is 1. The number of nitrogens with one attached hydrogen (secondary N) is 1. The first-order valence-electron chi connectivity index (χ1n) is 6.90. The number of hydrogen-bond acceptors (Lipinski definition) is 4. The third kappa shape index (κ3) is 2.67. The number of ether oxygens (including phenoxy) is 1. The molecule has 0 spiro atoms. The number of aromatic nitrogens is 1. The van der Waals surface area contributed by atoms with Gasteiger partial charge in [-0.05, 0) is 43.2 Å². The van der Waals surface area contributed by atoms with Crippen LogP contribution in [0.2, 0.25) is 0 Å². The molecule has 0 fully saturated rings. The number of benzene rings is 2. The van der Waals surface area contributed by atoms with E-state index in [-0.39, 0.29) is 5.91 Å². The molecule has 0 aliphatic carbocycles. The molecule has 5 heteroatoms. The Balaban J connectivity index is 1.88. The maximum Gasteiger partial charge on any atom is 0.257 e. The van der Waals surface area contributed by atoms with Crippen LogP contribution in [-0.4, -0.2) is 18.0 Å². The monoisotopic (exact) mass is 312 g/mol. The Hall–Kier alpha value is -2.40. The third-order valence-corrected chi connectivity index (χ3v) is 4.45. The third-order valence-electron chi connectivity index (χ3n) is 3.51. The van der Waals surface area contributed by atoms with E-state index >= 15 is 0 Å². The molecule has 0 saturated heterocycles. The van der Waals surface area contributed by atoms with Crippen LogP contribution in [0.5, 0.6) is 5.75 Å². The van der Waals surface area contributed by atoms with E-state index in [0.29, 0.717) is 16.4 Å². The van der Waals surface area contributed by atoms with Gasteiger partial charge >= 0.3 is 0 Å². The van der Waals surface area contributed by atoms with E-state index in [4.69, 9.17) is 4.74 Å². The molecule has 0 atom stereocenters. The van der Waals surface area contributed by atoms with Crippen LogP contribution in [0.4, 0.5) is 5.13 Å². The molecule has 1 aromatic heterocycles. The van der Waals surface area contributed by atoms with E-state index < -0.39 is 0 Å². The Morgan fingerprint density at radius 2 is 2.00 bits per heavy atom. The molecule has 0 saturated carbocycles. The molecule has 0 aliphatic rings. The van der Waals surface area contributed by atoms with Crippen molar-refractivity contribution in [3.8, 4) is 5.75 Å². The van der Waals surface area contributed by atoms with E-state index in [2.05, 4.69) is 10.3 Å². The molecular weight excluding hydrogens is 296 g/mol. The van der Waals surface area contributed by atoms with Crippen molar-refractivity contribution in [2.75, 3.05) is 12.4 Å². The van der Waals surface area contributed by atoms with E-state index in [1.54, 1.807) is 19.2 Å². The SMILES string of the molecule is COc1cc(C(=O)Nc2nc3c(C)cccc3s2)ccc1C. The first-order valence-corrected chi connectivity index (χ1v) is 7.72. The first-order chi connectivity index (χ1) is 10.6. The van der Waals surface area contributed by atoms with Crippen molar-refractivity contribution in [3.63, 3.8) is 0 Å². The number of anilines is 1. The second-order valence-electron chi connectivity index (χ2n) is 5.08. The van der Waals surface area contributed by atoms with Gasteiger partial charge in [0.25, 0.3) is 5.91 Å². The average molecular weight is 312 g/mol. The molecule has 1 heterocycles. The fourth-order valence-electron chi connectivity index (χ4n) is 2.27. The summed E-state index contributed by atoms with van der Waals surface area (Å²) in [5.41, 5.74) is 3.59. The molecule has 1 amide bonds. The van der Waals surface area contributed by atoms with Crippen LogP contribution in [0.3, 0.4) is 0 Å². The molecule has 3 aromatic rings. The maximum absolute atomic E-state index is 12.4. The van der Waals surface area contributed by atoms with E-state index in [1.807, 2.05) is 38.1 Å². The predicted octanol–water partition coefficient (Wildman–Crippen LogP) is 4.17. The van der Waals surface area contributed by atoms with Gasteiger partial charge in [0.05, 0.1) is 17.3 Å². The minimum absolute atomic E-state index is 0.185. The number of amides is 1. The summed E-state index contributed by atoms with van der Waals surface area (Å²) in [6.45, 7) is 3.95. The summed E-state index contributed by atoms with van der Waals surface area (Å²) in [5, 5.41) is 3.46. The number of para-hydroxylation sites is 1. The van der Waals surface area contributed by atoms with Crippen LogP contribution in [-0.2, 0) is 0 Å². The fraction of sp³-hybridized carbons (Fsp3) is 0.176. The molecular formula is C17H16N2O2S. The van der Waals surface area contributed by atoms with Crippen LogP contribution in [0.15, 0.2) is 36.4 Å². The summed E-state index contributed by atoms with van der Waals surface area (Å²) < 4.78 is 6.32. The number of aryl methyl sites for hydroxylation is 2. The van der Waals surface area contributed by atoms with Crippen molar-refractivity contribution in [1.29, 1.82) is 0 Å². The van der Waals surface area contributed by atoms with Gasteiger partial charge in [-0.1, -0.05) is 29.5 Å². The van der Waals surface area contributed by atoms with Gasteiger partial charge < -0.3 is 4.74 Å². The quantitative estimate of drug-likeness (QED) is 0.789. The first kappa shape index (κ1) is 14.5. The highest BCUT2D eigenvalue weighted by molar-refractivity contribution is 7.22. The lowest BCUT2D eigenvalue weighted by Gasteiger charge is -2.07. The Morgan fingerprint density at radius 3 is 2.73 bits per heavy atom. The van der Waals surface area contributed by atoms with Gasteiger partial charge in [-0.15, -0.1) is 0 Å². The molecule has 3 rings (SSSR count). The fourth-order valence-corrected chi connectivity index (χ4v) is 3.21. The highest BCUT2D eigenvalue weighted by Gasteiger charge is 2.12. The predicted molar refractivity (Wildman–Crippen MR) is 90.0 cm³/mol. The van der Waals surface area contributed by atoms with Crippen LogP contribution >= 0.6 is 11.3 Å². The molecule has 0 bridgehead atoms. The molecule has 0 aliphatic heterocycles. The zero-order valence-electron chi connectivity index (χ0n) is 12.6. The second kappa shape index (κ2) is 5.77. The van der Waals surface area contributed by atoms with Crippen LogP contribution in [0.1, 0.15) is 21.5 Å². The summed E-state index contributed by atoms with van der Waals surface area (Å²) in [4.78, 5) is 16.8. The average Bonchev–Trinajstić information content (AvgIpc) is 2.91. The standard InChI is InChI=1S/C17H16N2O2S/c1-10-7-8-12(9-13(10)21-3)16(20)19-17-18-15-11(2)5-4-6-14(15)22-17/h4-9H,1-3H3,(H,18,19,20). The van der Waals surface area contributed by atoms with Crippen LogP contribution in [0.25, 0.3) is 10.2 Å². The zero-order valence-corrected chi connectivity index (χ0v) is 13.5. The molecule has 22 heavy (non-hydrogen) atoms. The van der Waals surface area contributed by atoms with Gasteiger partial charge in [-0.3, -0.25) is 10.1 Å². The summed E-state index contributed by atoms with van der Waals surface area (Å²) >= 11 is 1.47. The smallest absolute Gasteiger partial charge is 0.257 e. The van der Waals surface area contributed by atoms with Crippen LogP contribution in [0, 0.1) is 13.8 Å². The lowest BCUT2D eigenvalue weighted by atomic mass is 10.1. The van der Waals surface area contributed by atoms with Gasteiger partial charge in [-0.2, -0.15) is 0 Å². The van der Waals surface area contributed by atoms with Gasteiger partial charge in [0.15, 0.2) is 5.13 Å². The van der Waals surface area contributed by atoms with Crippen LogP contribution < -0.4 is 10.1 Å². The van der Waals surface area contributed by atoms with Crippen molar-refractivity contribution in [1.82, 2.24) is 4.98 Å². The lowest BCUT2D eigenvalue weighted by molar-refractivity contribution is 0.102. The normalized spacial score (nSPS) is 10.7. The zero-order chi connectivity index (χ0) is 15.7. The van der Waals surface area contributed by atoms with Crippen molar-refractivity contribution in [2.45, 2.75) is 13.8 Å². The molecule has 0 radical (unpaired) electrons. The van der Waals surface area contributed by atoms with Crippen molar-refractivity contribution < 1.29 is 9.53 Å². The topological polar surface area (TPSA) is 51.2 Å². The number of hydrogen-bond donors (Lipinski definition) is 1. The number of rotatable bonds is 3. The van der Waals surface area contributed by atoms with Gasteiger partial charge in [0.1, 0.15) is 5.75 Å². The second-order valence-corrected chi connectivity index (χ2v) is 6.11. The largest absolute Gasteiger partial charge is 0.496 e. The highest BCUT2D eigenvalue weighted by Crippen LogP contribution is 2.28. The van der Waals surface area contributed by atoms with Crippen molar-refractivity contribution >= 4 is 32.6 Å².